The Morgan fingerprint density at radius 3 is 2.48 bits per heavy atom. The van der Waals surface area contributed by atoms with Crippen molar-refractivity contribution >= 4 is 28.8 Å². The number of nitrogens with zero attached hydrogens (tertiary/aromatic N) is 2. The minimum absolute atomic E-state index is 0.160. The molecule has 0 unspecified atom stereocenters. The summed E-state index contributed by atoms with van der Waals surface area (Å²) >= 11 is 1.38. The molecule has 2 heterocycles. The molecule has 0 saturated heterocycles. The first-order valence-corrected chi connectivity index (χ1v) is 9.90. The molecule has 6 nitrogen and oxygen atoms in total. The standard InChI is InChI=1S/C22H18N4O2S/c27-21(23-15-17-5-1-2-6-19(17)26-13-4-12-24-26)16-8-10-18(11-9-16)25-22(28)20-7-3-14-29-20/h1-14H,15H2,(H,23,27)(H,25,28). The molecule has 2 N–H and O–H groups in total. The summed E-state index contributed by atoms with van der Waals surface area (Å²) in [6.07, 6.45) is 3.58. The van der Waals surface area contributed by atoms with Crippen LogP contribution in [0.3, 0.4) is 0 Å². The number of carbonyl (C=O) groups is 2. The Balaban J connectivity index is 1.39. The molecule has 4 aromatic rings. The molecule has 0 atom stereocenters. The highest BCUT2D eigenvalue weighted by Crippen LogP contribution is 2.16. The normalized spacial score (nSPS) is 10.5. The molecule has 0 saturated carbocycles. The van der Waals surface area contributed by atoms with Gasteiger partial charge in [-0.1, -0.05) is 24.3 Å². The molecule has 0 spiro atoms. The minimum atomic E-state index is -0.184. The Morgan fingerprint density at radius 2 is 1.76 bits per heavy atom. The maximum Gasteiger partial charge on any atom is 0.265 e. The van der Waals surface area contributed by atoms with Crippen LogP contribution in [0.4, 0.5) is 5.69 Å². The van der Waals surface area contributed by atoms with Crippen LogP contribution >= 0.6 is 11.3 Å². The fraction of sp³-hybridized carbons (Fsp3) is 0.0455. The predicted octanol–water partition coefficient (Wildman–Crippen LogP) is 4.12. The number of aromatic nitrogens is 2. The third kappa shape index (κ3) is 4.41. The predicted molar refractivity (Wildman–Crippen MR) is 113 cm³/mol. The van der Waals surface area contributed by atoms with Crippen molar-refractivity contribution in [3.63, 3.8) is 0 Å². The van der Waals surface area contributed by atoms with E-state index in [2.05, 4.69) is 15.7 Å². The summed E-state index contributed by atoms with van der Waals surface area (Å²) in [5.41, 5.74) is 3.05. The molecular formula is C22H18N4O2S. The van der Waals surface area contributed by atoms with Crippen molar-refractivity contribution in [3.05, 3.63) is 101 Å². The SMILES string of the molecule is O=C(NCc1ccccc1-n1cccn1)c1ccc(NC(=O)c2cccs2)cc1. The molecule has 2 aromatic heterocycles. The van der Waals surface area contributed by atoms with Crippen molar-refractivity contribution in [2.24, 2.45) is 0 Å². The fourth-order valence-corrected chi connectivity index (χ4v) is 3.50. The summed E-state index contributed by atoms with van der Waals surface area (Å²) in [5.74, 6) is -0.344. The number of carbonyl (C=O) groups excluding carboxylic acids is 2. The summed E-state index contributed by atoms with van der Waals surface area (Å²) in [6.45, 7) is 0.381. The zero-order chi connectivity index (χ0) is 20.1. The Hall–Kier alpha value is -3.71. The molecule has 0 bridgehead atoms. The average molecular weight is 402 g/mol. The van der Waals surface area contributed by atoms with Gasteiger partial charge in [0.15, 0.2) is 0 Å². The van der Waals surface area contributed by atoms with Crippen LogP contribution in [0.5, 0.6) is 0 Å². The summed E-state index contributed by atoms with van der Waals surface area (Å²) < 4.78 is 1.77. The first-order valence-electron chi connectivity index (χ1n) is 9.02. The molecule has 4 rings (SSSR count). The van der Waals surface area contributed by atoms with E-state index >= 15 is 0 Å². The van der Waals surface area contributed by atoms with Gasteiger partial charge in [-0.05, 0) is 53.4 Å². The van der Waals surface area contributed by atoms with Gasteiger partial charge in [-0.25, -0.2) is 4.68 Å². The summed E-state index contributed by atoms with van der Waals surface area (Å²) in [6, 6.07) is 20.1. The summed E-state index contributed by atoms with van der Waals surface area (Å²) in [4.78, 5) is 25.3. The van der Waals surface area contributed by atoms with E-state index in [-0.39, 0.29) is 11.8 Å². The lowest BCUT2D eigenvalue weighted by atomic mass is 10.1. The maximum absolute atomic E-state index is 12.5. The molecule has 0 aliphatic rings. The zero-order valence-electron chi connectivity index (χ0n) is 15.4. The lowest BCUT2D eigenvalue weighted by Crippen LogP contribution is -2.23. The van der Waals surface area contributed by atoms with Crippen molar-refractivity contribution < 1.29 is 9.59 Å². The third-order valence-electron chi connectivity index (χ3n) is 4.33. The zero-order valence-corrected chi connectivity index (χ0v) is 16.2. The number of thiophene rings is 1. The number of hydrogen-bond donors (Lipinski definition) is 2. The molecular weight excluding hydrogens is 384 g/mol. The first kappa shape index (κ1) is 18.6. The van der Waals surface area contributed by atoms with Gasteiger partial charge in [0.25, 0.3) is 11.8 Å². The van der Waals surface area contributed by atoms with Gasteiger partial charge in [0.05, 0.1) is 10.6 Å². The van der Waals surface area contributed by atoms with Crippen LogP contribution in [0.25, 0.3) is 5.69 Å². The number of amides is 2. The topological polar surface area (TPSA) is 76.0 Å². The first-order chi connectivity index (χ1) is 14.2. The van der Waals surface area contributed by atoms with E-state index in [1.807, 2.05) is 48.0 Å². The Labute approximate surface area is 171 Å². The van der Waals surface area contributed by atoms with Crippen molar-refractivity contribution in [3.8, 4) is 5.69 Å². The van der Waals surface area contributed by atoms with E-state index in [0.717, 1.165) is 11.3 Å². The van der Waals surface area contributed by atoms with Gasteiger partial charge in [-0.15, -0.1) is 11.3 Å². The van der Waals surface area contributed by atoms with E-state index in [4.69, 9.17) is 0 Å². The number of benzene rings is 2. The van der Waals surface area contributed by atoms with Crippen LogP contribution < -0.4 is 10.6 Å². The molecule has 0 aliphatic heterocycles. The number of rotatable bonds is 6. The van der Waals surface area contributed by atoms with Crippen LogP contribution in [-0.2, 0) is 6.54 Å². The maximum atomic E-state index is 12.5. The minimum Gasteiger partial charge on any atom is -0.348 e. The van der Waals surface area contributed by atoms with Crippen LogP contribution in [0.1, 0.15) is 25.6 Å². The summed E-state index contributed by atoms with van der Waals surface area (Å²) in [7, 11) is 0. The lowest BCUT2D eigenvalue weighted by Gasteiger charge is -2.11. The smallest absolute Gasteiger partial charge is 0.265 e. The number of nitrogens with one attached hydrogen (secondary N) is 2. The quantitative estimate of drug-likeness (QED) is 0.509. The number of para-hydroxylation sites is 1. The van der Waals surface area contributed by atoms with Gasteiger partial charge in [0, 0.05) is 30.2 Å². The Morgan fingerprint density at radius 1 is 0.931 bits per heavy atom. The van der Waals surface area contributed by atoms with Gasteiger partial charge >= 0.3 is 0 Å². The molecule has 0 radical (unpaired) electrons. The largest absolute Gasteiger partial charge is 0.348 e. The number of anilines is 1. The Bertz CT molecular complexity index is 1100. The van der Waals surface area contributed by atoms with Crippen LogP contribution in [0.15, 0.2) is 84.5 Å². The van der Waals surface area contributed by atoms with Crippen LogP contribution in [0.2, 0.25) is 0 Å². The van der Waals surface area contributed by atoms with Crippen LogP contribution in [0, 0.1) is 0 Å². The molecule has 2 aromatic carbocycles. The fourth-order valence-electron chi connectivity index (χ4n) is 2.88. The average Bonchev–Trinajstić information content (AvgIpc) is 3.47. The third-order valence-corrected chi connectivity index (χ3v) is 5.20. The monoisotopic (exact) mass is 402 g/mol. The van der Waals surface area contributed by atoms with E-state index < -0.39 is 0 Å². The highest BCUT2D eigenvalue weighted by molar-refractivity contribution is 7.12. The van der Waals surface area contributed by atoms with Gasteiger partial charge in [-0.2, -0.15) is 5.10 Å². The molecule has 0 aliphatic carbocycles. The van der Waals surface area contributed by atoms with E-state index in [1.54, 1.807) is 41.2 Å². The highest BCUT2D eigenvalue weighted by Gasteiger charge is 2.10. The number of hydrogen-bond acceptors (Lipinski definition) is 4. The van der Waals surface area contributed by atoms with E-state index in [9.17, 15) is 9.59 Å². The summed E-state index contributed by atoms with van der Waals surface area (Å²) in [5, 5.41) is 11.9. The molecule has 144 valence electrons. The van der Waals surface area contributed by atoms with E-state index in [0.29, 0.717) is 22.7 Å². The van der Waals surface area contributed by atoms with Crippen LogP contribution in [-0.4, -0.2) is 21.6 Å². The highest BCUT2D eigenvalue weighted by atomic mass is 32.1. The molecule has 7 heteroatoms. The van der Waals surface area contributed by atoms with Crippen molar-refractivity contribution in [2.75, 3.05) is 5.32 Å². The molecule has 2 amide bonds. The van der Waals surface area contributed by atoms with Crippen molar-refractivity contribution in [1.82, 2.24) is 15.1 Å². The second kappa shape index (κ2) is 8.53. The second-order valence-corrected chi connectivity index (χ2v) is 7.22. The lowest BCUT2D eigenvalue weighted by molar-refractivity contribution is 0.0950. The van der Waals surface area contributed by atoms with Crippen molar-refractivity contribution in [1.29, 1.82) is 0 Å². The Kier molecular flexibility index (Phi) is 5.49. The van der Waals surface area contributed by atoms with Crippen molar-refractivity contribution in [2.45, 2.75) is 6.54 Å². The van der Waals surface area contributed by atoms with Gasteiger partial charge < -0.3 is 10.6 Å². The molecule has 29 heavy (non-hydrogen) atoms. The van der Waals surface area contributed by atoms with Gasteiger partial charge in [0.1, 0.15) is 0 Å². The van der Waals surface area contributed by atoms with Gasteiger partial charge in [-0.3, -0.25) is 9.59 Å². The van der Waals surface area contributed by atoms with Gasteiger partial charge in [0.2, 0.25) is 0 Å². The molecule has 0 fully saturated rings. The second-order valence-electron chi connectivity index (χ2n) is 6.27. The van der Waals surface area contributed by atoms with E-state index in [1.165, 1.54) is 11.3 Å².